The van der Waals surface area contributed by atoms with E-state index in [0.29, 0.717) is 23.2 Å². The Kier molecular flexibility index (Phi) is 13.0. The van der Waals surface area contributed by atoms with Gasteiger partial charge in [0.05, 0.1) is 17.8 Å². The Morgan fingerprint density at radius 2 is 1.53 bits per heavy atom. The lowest BCUT2D eigenvalue weighted by Gasteiger charge is -2.45. The lowest BCUT2D eigenvalue weighted by Crippen LogP contribution is -2.49. The second kappa shape index (κ2) is 15.1. The zero-order valence-electron chi connectivity index (χ0n) is 33.2. The van der Waals surface area contributed by atoms with Crippen molar-refractivity contribution in [3.63, 3.8) is 0 Å². The van der Waals surface area contributed by atoms with Crippen molar-refractivity contribution in [1.82, 2.24) is 0 Å². The van der Waals surface area contributed by atoms with Crippen LogP contribution in [0.25, 0.3) is 0 Å². The maximum Gasteiger partial charge on any atom is 0.192 e. The van der Waals surface area contributed by atoms with Gasteiger partial charge >= 0.3 is 0 Å². The van der Waals surface area contributed by atoms with Gasteiger partial charge in [-0.2, -0.15) is 0 Å². The Balaban J connectivity index is 1.87. The second-order valence-electron chi connectivity index (χ2n) is 18.8. The molecule has 0 aromatic carbocycles. The molecular formula is C42H74O3Si2. The summed E-state index contributed by atoms with van der Waals surface area (Å²) in [6.07, 6.45) is 23.4. The first kappa shape index (κ1) is 40.4. The molecule has 0 unspecified atom stereocenters. The van der Waals surface area contributed by atoms with Crippen LogP contribution in [0.5, 0.6) is 0 Å². The first-order chi connectivity index (χ1) is 21.5. The molecular weight excluding hydrogens is 609 g/mol. The molecule has 47 heavy (non-hydrogen) atoms. The standard InChI is InChI=1S/C42H74O3Si2/c1-16-42(43,17-2)28-19-18-21-31(3)36-25-26-37-33(22-20-27-41(36,37)11)23-24-34-29-35(44-46(12,13)39(5,6)7)30-38(32(34)4)45-47(14,15)40(8,9)10/h18-19,21,23-24,28,31,35-38,43H,4,16-17,20,22,25-27,29-30H2,1-3,5-15H3/b21-18?,28-19?,33-23+,34-24+/t31-,35-,36-,37+,38+,41-/m1/s1. The smallest absolute Gasteiger partial charge is 0.192 e. The van der Waals surface area contributed by atoms with E-state index in [1.165, 1.54) is 43.3 Å². The fourth-order valence-electron chi connectivity index (χ4n) is 8.00. The van der Waals surface area contributed by atoms with Crippen LogP contribution in [-0.4, -0.2) is 39.6 Å². The van der Waals surface area contributed by atoms with E-state index in [0.717, 1.165) is 25.7 Å². The SMILES string of the molecule is C=C1/C(=C/C=C2\CCC[C@]3(C)[C@@H]([C@H](C)C=CC=CC(O)(CC)CC)CC[C@@H]23)C[C@@H](O[Si](C)(C)C(C)(C)C)C[C@@H]1O[Si](C)(C)C(C)(C)C. The molecule has 1 N–H and O–H groups in total. The molecule has 0 aromatic rings. The molecule has 3 rings (SSSR count). The van der Waals surface area contributed by atoms with Gasteiger partial charge in [0, 0.05) is 6.42 Å². The molecule has 0 amide bonds. The lowest BCUT2D eigenvalue weighted by molar-refractivity contribution is 0.0828. The summed E-state index contributed by atoms with van der Waals surface area (Å²) in [5.41, 5.74) is 3.79. The number of hydrogen-bond donors (Lipinski definition) is 1. The molecule has 0 heterocycles. The van der Waals surface area contributed by atoms with E-state index in [1.54, 1.807) is 5.57 Å². The molecule has 3 nitrogen and oxygen atoms in total. The van der Waals surface area contributed by atoms with Gasteiger partial charge in [-0.25, -0.2) is 0 Å². The second-order valence-corrected chi connectivity index (χ2v) is 28.3. The predicted octanol–water partition coefficient (Wildman–Crippen LogP) is 12.5. The number of hydrogen-bond acceptors (Lipinski definition) is 3. The van der Waals surface area contributed by atoms with Crippen LogP contribution in [0, 0.1) is 23.2 Å². The maximum atomic E-state index is 10.6. The van der Waals surface area contributed by atoms with E-state index in [1.807, 2.05) is 6.08 Å². The molecule has 268 valence electrons. The number of fused-ring (bicyclic) bond motifs is 1. The van der Waals surface area contributed by atoms with Crippen molar-refractivity contribution in [1.29, 1.82) is 0 Å². The highest BCUT2D eigenvalue weighted by molar-refractivity contribution is 6.74. The van der Waals surface area contributed by atoms with Crippen molar-refractivity contribution in [3.05, 3.63) is 59.8 Å². The average Bonchev–Trinajstić information content (AvgIpc) is 3.32. The van der Waals surface area contributed by atoms with Crippen LogP contribution >= 0.6 is 0 Å². The van der Waals surface area contributed by atoms with Crippen molar-refractivity contribution < 1.29 is 14.0 Å². The lowest BCUT2D eigenvalue weighted by atomic mass is 9.61. The van der Waals surface area contributed by atoms with E-state index in [-0.39, 0.29) is 22.3 Å². The first-order valence-electron chi connectivity index (χ1n) is 19.0. The van der Waals surface area contributed by atoms with Gasteiger partial charge in [-0.3, -0.25) is 0 Å². The summed E-state index contributed by atoms with van der Waals surface area (Å²) in [6, 6.07) is 0. The summed E-state index contributed by atoms with van der Waals surface area (Å²) in [7, 11) is -3.92. The van der Waals surface area contributed by atoms with Crippen molar-refractivity contribution in [3.8, 4) is 0 Å². The van der Waals surface area contributed by atoms with Gasteiger partial charge in [-0.1, -0.05) is 118 Å². The van der Waals surface area contributed by atoms with Gasteiger partial charge in [0.25, 0.3) is 0 Å². The van der Waals surface area contributed by atoms with Gasteiger partial charge in [-0.05, 0) is 122 Å². The zero-order valence-corrected chi connectivity index (χ0v) is 35.2. The maximum absolute atomic E-state index is 10.6. The minimum absolute atomic E-state index is 0.0175. The molecule has 3 fully saturated rings. The molecule has 0 saturated heterocycles. The Bertz CT molecular complexity index is 1200. The Morgan fingerprint density at radius 1 is 0.936 bits per heavy atom. The normalized spacial score (nSPS) is 31.0. The minimum Gasteiger partial charge on any atom is -0.413 e. The van der Waals surface area contributed by atoms with Gasteiger partial charge < -0.3 is 14.0 Å². The van der Waals surface area contributed by atoms with Gasteiger partial charge in [0.15, 0.2) is 16.6 Å². The van der Waals surface area contributed by atoms with E-state index in [4.69, 9.17) is 15.4 Å². The molecule has 6 atom stereocenters. The van der Waals surface area contributed by atoms with Crippen molar-refractivity contribution in [2.45, 2.75) is 181 Å². The van der Waals surface area contributed by atoms with E-state index >= 15 is 0 Å². The Labute approximate surface area is 293 Å². The van der Waals surface area contributed by atoms with Gasteiger partial charge in [-0.15, -0.1) is 0 Å². The largest absolute Gasteiger partial charge is 0.413 e. The Morgan fingerprint density at radius 3 is 2.11 bits per heavy atom. The molecule has 0 radical (unpaired) electrons. The number of rotatable bonds is 11. The first-order valence-corrected chi connectivity index (χ1v) is 24.8. The van der Waals surface area contributed by atoms with Gasteiger partial charge in [0.1, 0.15) is 0 Å². The molecule has 0 spiro atoms. The van der Waals surface area contributed by atoms with E-state index in [2.05, 4.69) is 126 Å². The van der Waals surface area contributed by atoms with Gasteiger partial charge in [0.2, 0.25) is 0 Å². The van der Waals surface area contributed by atoms with Crippen molar-refractivity contribution in [2.24, 2.45) is 23.2 Å². The molecule has 3 aliphatic carbocycles. The van der Waals surface area contributed by atoms with Crippen LogP contribution in [0.1, 0.15) is 127 Å². The average molecular weight is 683 g/mol. The van der Waals surface area contributed by atoms with Crippen LogP contribution in [0.2, 0.25) is 36.3 Å². The molecule has 0 aliphatic heterocycles. The molecule has 3 aliphatic rings. The van der Waals surface area contributed by atoms with E-state index < -0.39 is 22.2 Å². The van der Waals surface area contributed by atoms with Crippen LogP contribution < -0.4 is 0 Å². The Hall–Kier alpha value is -0.986. The monoisotopic (exact) mass is 683 g/mol. The molecule has 0 aromatic heterocycles. The van der Waals surface area contributed by atoms with Crippen LogP contribution in [0.4, 0.5) is 0 Å². The third-order valence-electron chi connectivity index (χ3n) is 13.6. The highest BCUT2D eigenvalue weighted by atomic mass is 28.4. The summed E-state index contributed by atoms with van der Waals surface area (Å²) in [5, 5.41) is 11.0. The fraction of sp³-hybridized carbons (Fsp3) is 0.762. The number of allylic oxidation sites excluding steroid dienone is 6. The predicted molar refractivity (Wildman–Crippen MR) is 210 cm³/mol. The van der Waals surface area contributed by atoms with Crippen LogP contribution in [0.15, 0.2) is 59.8 Å². The summed E-state index contributed by atoms with van der Waals surface area (Å²) in [6.45, 7) is 37.3. The van der Waals surface area contributed by atoms with Crippen LogP contribution in [0.3, 0.4) is 0 Å². The quantitative estimate of drug-likeness (QED) is 0.174. The van der Waals surface area contributed by atoms with Crippen molar-refractivity contribution in [2.75, 3.05) is 0 Å². The number of aliphatic hydroxyl groups is 1. The van der Waals surface area contributed by atoms with E-state index in [9.17, 15) is 5.11 Å². The third kappa shape index (κ3) is 9.42. The van der Waals surface area contributed by atoms with Crippen LogP contribution in [-0.2, 0) is 8.85 Å². The molecule has 3 saturated carbocycles. The summed E-state index contributed by atoms with van der Waals surface area (Å²) >= 11 is 0. The summed E-state index contributed by atoms with van der Waals surface area (Å²) < 4.78 is 14.2. The molecule has 5 heteroatoms. The topological polar surface area (TPSA) is 38.7 Å². The minimum atomic E-state index is -1.99. The zero-order chi connectivity index (χ0) is 35.6. The summed E-state index contributed by atoms with van der Waals surface area (Å²) in [5.74, 6) is 1.84. The highest BCUT2D eigenvalue weighted by Crippen LogP contribution is 2.59. The highest BCUT2D eigenvalue weighted by Gasteiger charge is 2.50. The molecule has 0 bridgehead atoms. The van der Waals surface area contributed by atoms with Crippen molar-refractivity contribution >= 4 is 16.6 Å². The summed E-state index contributed by atoms with van der Waals surface area (Å²) in [4.78, 5) is 0. The fourth-order valence-corrected chi connectivity index (χ4v) is 10.7. The third-order valence-corrected chi connectivity index (χ3v) is 22.6.